The lowest BCUT2D eigenvalue weighted by molar-refractivity contribution is 0.550. The van der Waals surface area contributed by atoms with Crippen LogP contribution >= 0.6 is 0 Å². The zero-order valence-corrected chi connectivity index (χ0v) is 9.83. The van der Waals surface area contributed by atoms with Crippen LogP contribution in [0.3, 0.4) is 0 Å². The highest BCUT2D eigenvalue weighted by molar-refractivity contribution is 5.59. The van der Waals surface area contributed by atoms with Crippen molar-refractivity contribution in [2.24, 2.45) is 0 Å². The molecule has 2 unspecified atom stereocenters. The van der Waals surface area contributed by atoms with E-state index in [-0.39, 0.29) is 0 Å². The second-order valence-electron chi connectivity index (χ2n) is 4.50. The summed E-state index contributed by atoms with van der Waals surface area (Å²) in [5.41, 5.74) is 2.92. The highest BCUT2D eigenvalue weighted by Crippen LogP contribution is 2.33. The number of rotatable bonds is 3. The van der Waals surface area contributed by atoms with Crippen molar-refractivity contribution in [3.05, 3.63) is 29.8 Å². The standard InChI is InChI=1S/C13H20N2/c1-10-8-12-6-4-5-7-13(12)15(10)11(2)9-14-3/h4-7,10-11,14H,8-9H2,1-3H3. The van der Waals surface area contributed by atoms with Crippen LogP contribution in [0.4, 0.5) is 5.69 Å². The van der Waals surface area contributed by atoms with E-state index in [1.807, 2.05) is 7.05 Å². The molecule has 2 atom stereocenters. The van der Waals surface area contributed by atoms with E-state index >= 15 is 0 Å². The minimum Gasteiger partial charge on any atom is -0.364 e. The third kappa shape index (κ3) is 1.86. The Hall–Kier alpha value is -1.02. The molecule has 0 aliphatic carbocycles. The molecule has 0 fully saturated rings. The molecule has 1 aromatic rings. The van der Waals surface area contributed by atoms with Crippen LogP contribution in [-0.2, 0) is 6.42 Å². The number of anilines is 1. The van der Waals surface area contributed by atoms with Crippen LogP contribution in [0.5, 0.6) is 0 Å². The van der Waals surface area contributed by atoms with Crippen molar-refractivity contribution in [2.45, 2.75) is 32.4 Å². The van der Waals surface area contributed by atoms with Crippen molar-refractivity contribution in [1.82, 2.24) is 5.32 Å². The van der Waals surface area contributed by atoms with Crippen LogP contribution in [0.15, 0.2) is 24.3 Å². The Balaban J connectivity index is 2.25. The molecule has 0 saturated heterocycles. The lowest BCUT2D eigenvalue weighted by Crippen LogP contribution is -2.42. The summed E-state index contributed by atoms with van der Waals surface area (Å²) in [6.45, 7) is 5.64. The van der Waals surface area contributed by atoms with E-state index in [4.69, 9.17) is 0 Å². The normalized spacial score (nSPS) is 21.5. The maximum Gasteiger partial charge on any atom is 0.0404 e. The number of nitrogens with one attached hydrogen (secondary N) is 1. The Morgan fingerprint density at radius 2 is 2.20 bits per heavy atom. The fraction of sp³-hybridized carbons (Fsp3) is 0.538. The van der Waals surface area contributed by atoms with Crippen LogP contribution in [-0.4, -0.2) is 25.7 Å². The van der Waals surface area contributed by atoms with Crippen LogP contribution in [0.1, 0.15) is 19.4 Å². The molecule has 2 heteroatoms. The average molecular weight is 204 g/mol. The van der Waals surface area contributed by atoms with Crippen molar-refractivity contribution in [3.63, 3.8) is 0 Å². The molecule has 0 aromatic heterocycles. The first-order chi connectivity index (χ1) is 7.24. The summed E-state index contributed by atoms with van der Waals surface area (Å²) >= 11 is 0. The van der Waals surface area contributed by atoms with Gasteiger partial charge in [-0.2, -0.15) is 0 Å². The smallest absolute Gasteiger partial charge is 0.0404 e. The fourth-order valence-corrected chi connectivity index (χ4v) is 2.65. The third-order valence-corrected chi connectivity index (χ3v) is 3.23. The van der Waals surface area contributed by atoms with Gasteiger partial charge in [0.2, 0.25) is 0 Å². The molecule has 0 saturated carbocycles. The van der Waals surface area contributed by atoms with Gasteiger partial charge in [0.25, 0.3) is 0 Å². The van der Waals surface area contributed by atoms with E-state index in [2.05, 4.69) is 48.3 Å². The molecule has 2 nitrogen and oxygen atoms in total. The Morgan fingerprint density at radius 3 is 2.93 bits per heavy atom. The Labute approximate surface area is 92.3 Å². The molecule has 2 rings (SSSR count). The SMILES string of the molecule is CNCC(C)N1c2ccccc2CC1C. The van der Waals surface area contributed by atoms with Gasteiger partial charge >= 0.3 is 0 Å². The Kier molecular flexibility index (Phi) is 2.96. The number of nitrogens with zero attached hydrogens (tertiary/aromatic N) is 1. The first-order valence-corrected chi connectivity index (χ1v) is 5.75. The molecule has 15 heavy (non-hydrogen) atoms. The molecule has 1 N–H and O–H groups in total. The molecular formula is C13H20N2. The number of fused-ring (bicyclic) bond motifs is 1. The van der Waals surface area contributed by atoms with Crippen molar-refractivity contribution in [2.75, 3.05) is 18.5 Å². The molecule has 0 radical (unpaired) electrons. The predicted molar refractivity (Wildman–Crippen MR) is 65.5 cm³/mol. The summed E-state index contributed by atoms with van der Waals surface area (Å²) in [4.78, 5) is 2.53. The van der Waals surface area contributed by atoms with Crippen LogP contribution < -0.4 is 10.2 Å². The van der Waals surface area contributed by atoms with Crippen molar-refractivity contribution in [1.29, 1.82) is 0 Å². The van der Waals surface area contributed by atoms with Gasteiger partial charge < -0.3 is 10.2 Å². The summed E-state index contributed by atoms with van der Waals surface area (Å²) in [5.74, 6) is 0. The molecule has 1 aliphatic rings. The summed E-state index contributed by atoms with van der Waals surface area (Å²) in [7, 11) is 2.02. The van der Waals surface area contributed by atoms with Gasteiger partial charge in [-0.15, -0.1) is 0 Å². The van der Waals surface area contributed by atoms with Crippen molar-refractivity contribution in [3.8, 4) is 0 Å². The maximum absolute atomic E-state index is 3.25. The molecule has 0 spiro atoms. The summed E-state index contributed by atoms with van der Waals surface area (Å²) in [6, 6.07) is 9.95. The van der Waals surface area contributed by atoms with E-state index in [1.54, 1.807) is 0 Å². The topological polar surface area (TPSA) is 15.3 Å². The van der Waals surface area contributed by atoms with Gasteiger partial charge in [-0.05, 0) is 38.9 Å². The third-order valence-electron chi connectivity index (χ3n) is 3.23. The quantitative estimate of drug-likeness (QED) is 0.810. The Bertz CT molecular complexity index is 335. The molecule has 0 amide bonds. The minimum absolute atomic E-state index is 0.564. The van der Waals surface area contributed by atoms with E-state index in [1.165, 1.54) is 17.7 Å². The van der Waals surface area contributed by atoms with E-state index in [0.717, 1.165) is 6.54 Å². The maximum atomic E-state index is 3.25. The number of hydrogen-bond acceptors (Lipinski definition) is 2. The van der Waals surface area contributed by atoms with Gasteiger partial charge in [0.1, 0.15) is 0 Å². The molecular weight excluding hydrogens is 184 g/mol. The summed E-state index contributed by atoms with van der Waals surface area (Å²) in [6.07, 6.45) is 1.18. The fourth-order valence-electron chi connectivity index (χ4n) is 2.65. The average Bonchev–Trinajstić information content (AvgIpc) is 2.54. The van der Waals surface area contributed by atoms with Gasteiger partial charge in [0.05, 0.1) is 0 Å². The monoisotopic (exact) mass is 204 g/mol. The second kappa shape index (κ2) is 4.23. The number of likely N-dealkylation sites (N-methyl/N-ethyl adjacent to an activating group) is 1. The number of para-hydroxylation sites is 1. The van der Waals surface area contributed by atoms with Gasteiger partial charge in [-0.25, -0.2) is 0 Å². The molecule has 0 bridgehead atoms. The lowest BCUT2D eigenvalue weighted by atomic mass is 10.1. The van der Waals surface area contributed by atoms with Gasteiger partial charge in [-0.3, -0.25) is 0 Å². The first-order valence-electron chi connectivity index (χ1n) is 5.75. The van der Waals surface area contributed by atoms with Gasteiger partial charge in [-0.1, -0.05) is 18.2 Å². The first kappa shape index (κ1) is 10.5. The number of benzene rings is 1. The lowest BCUT2D eigenvalue weighted by Gasteiger charge is -2.31. The van der Waals surface area contributed by atoms with Gasteiger partial charge in [0.15, 0.2) is 0 Å². The highest BCUT2D eigenvalue weighted by atomic mass is 15.2. The van der Waals surface area contributed by atoms with Crippen LogP contribution in [0.25, 0.3) is 0 Å². The molecule has 1 aromatic carbocycles. The predicted octanol–water partition coefficient (Wildman–Crippen LogP) is 2.05. The zero-order chi connectivity index (χ0) is 10.8. The summed E-state index contributed by atoms with van der Waals surface area (Å²) in [5, 5.41) is 3.25. The van der Waals surface area contributed by atoms with Crippen molar-refractivity contribution < 1.29 is 0 Å². The second-order valence-corrected chi connectivity index (χ2v) is 4.50. The van der Waals surface area contributed by atoms with Crippen molar-refractivity contribution >= 4 is 5.69 Å². The highest BCUT2D eigenvalue weighted by Gasteiger charge is 2.28. The zero-order valence-electron chi connectivity index (χ0n) is 9.83. The van der Waals surface area contributed by atoms with Crippen LogP contribution in [0.2, 0.25) is 0 Å². The largest absolute Gasteiger partial charge is 0.364 e. The minimum atomic E-state index is 0.564. The Morgan fingerprint density at radius 1 is 1.47 bits per heavy atom. The number of hydrogen-bond donors (Lipinski definition) is 1. The van der Waals surface area contributed by atoms with Crippen LogP contribution in [0, 0.1) is 0 Å². The van der Waals surface area contributed by atoms with Gasteiger partial charge in [0, 0.05) is 24.3 Å². The molecule has 1 heterocycles. The molecule has 1 aliphatic heterocycles. The van der Waals surface area contributed by atoms with E-state index in [0.29, 0.717) is 12.1 Å². The van der Waals surface area contributed by atoms with E-state index in [9.17, 15) is 0 Å². The molecule has 82 valence electrons. The van der Waals surface area contributed by atoms with E-state index < -0.39 is 0 Å². The summed E-state index contributed by atoms with van der Waals surface area (Å²) < 4.78 is 0.